The number of carbonyl (C=O) groups is 1. The fourth-order valence-corrected chi connectivity index (χ4v) is 2.25. The van der Waals surface area contributed by atoms with E-state index >= 15 is 0 Å². The molecular weight excluding hydrogens is 218 g/mol. The van der Waals surface area contributed by atoms with Gasteiger partial charge in [-0.25, -0.2) is 9.48 Å². The highest BCUT2D eigenvalue weighted by Crippen LogP contribution is 2.29. The van der Waals surface area contributed by atoms with Crippen LogP contribution in [0, 0.1) is 5.92 Å². The molecule has 1 fully saturated rings. The monoisotopic (exact) mass is 231 g/mol. The molecule has 1 saturated carbocycles. The molecule has 0 aliphatic heterocycles. The highest BCUT2D eigenvalue weighted by molar-refractivity contribution is 6.00. The summed E-state index contributed by atoms with van der Waals surface area (Å²) in [6.45, 7) is 0.779. The van der Waals surface area contributed by atoms with E-state index in [9.17, 15) is 4.79 Å². The van der Waals surface area contributed by atoms with Crippen molar-refractivity contribution >= 4 is 17.0 Å². The largest absolute Gasteiger partial charge is 0.478 e. The van der Waals surface area contributed by atoms with E-state index in [4.69, 9.17) is 5.11 Å². The van der Waals surface area contributed by atoms with Crippen molar-refractivity contribution in [2.24, 2.45) is 5.92 Å². The fourth-order valence-electron chi connectivity index (χ4n) is 2.25. The first kappa shape index (κ1) is 10.3. The predicted octanol–water partition coefficient (Wildman–Crippen LogP) is 1.93. The zero-order valence-electron chi connectivity index (χ0n) is 9.33. The van der Waals surface area contributed by atoms with Crippen LogP contribution in [-0.2, 0) is 6.54 Å². The predicted molar refractivity (Wildman–Crippen MR) is 61.8 cm³/mol. The van der Waals surface area contributed by atoms with E-state index in [1.165, 1.54) is 19.3 Å². The minimum atomic E-state index is -0.923. The lowest BCUT2D eigenvalue weighted by atomic mass is 9.85. The maximum Gasteiger partial charge on any atom is 0.337 e. The first-order chi connectivity index (χ1) is 8.25. The molecule has 5 heteroatoms. The standard InChI is InChI=1S/C12H13N3O2/c16-12(17)9-5-2-6-10-11(9)15(14-13-10)7-8-3-1-4-8/h2,5-6,8H,1,3-4,7H2,(H,16,17). The van der Waals surface area contributed by atoms with Crippen molar-refractivity contribution in [2.45, 2.75) is 25.8 Å². The van der Waals surface area contributed by atoms with E-state index in [-0.39, 0.29) is 5.56 Å². The number of fused-ring (bicyclic) bond motifs is 1. The number of nitrogens with zero attached hydrogens (tertiary/aromatic N) is 3. The molecule has 0 spiro atoms. The summed E-state index contributed by atoms with van der Waals surface area (Å²) in [6.07, 6.45) is 3.68. The van der Waals surface area contributed by atoms with Gasteiger partial charge in [0.1, 0.15) is 11.0 Å². The summed E-state index contributed by atoms with van der Waals surface area (Å²) in [6, 6.07) is 5.10. The average Bonchev–Trinajstić information content (AvgIpc) is 2.66. The normalized spacial score (nSPS) is 16.0. The Morgan fingerprint density at radius 1 is 1.47 bits per heavy atom. The molecule has 88 valence electrons. The molecule has 17 heavy (non-hydrogen) atoms. The van der Waals surface area contributed by atoms with Gasteiger partial charge in [0.05, 0.1) is 5.56 Å². The van der Waals surface area contributed by atoms with E-state index < -0.39 is 5.97 Å². The molecule has 1 aliphatic carbocycles. The number of benzene rings is 1. The lowest BCUT2D eigenvalue weighted by Gasteiger charge is -2.25. The van der Waals surface area contributed by atoms with Crippen LogP contribution >= 0.6 is 0 Å². The molecule has 0 atom stereocenters. The fraction of sp³-hybridized carbons (Fsp3) is 0.417. The molecule has 0 bridgehead atoms. The molecule has 1 aromatic carbocycles. The minimum Gasteiger partial charge on any atom is -0.478 e. The van der Waals surface area contributed by atoms with Gasteiger partial charge in [-0.3, -0.25) is 0 Å². The van der Waals surface area contributed by atoms with E-state index in [0.717, 1.165) is 6.54 Å². The summed E-state index contributed by atoms with van der Waals surface area (Å²) >= 11 is 0. The molecule has 2 aromatic rings. The van der Waals surface area contributed by atoms with Gasteiger partial charge in [-0.15, -0.1) is 5.10 Å². The van der Waals surface area contributed by atoms with Gasteiger partial charge in [0.25, 0.3) is 0 Å². The van der Waals surface area contributed by atoms with E-state index in [1.807, 2.05) is 0 Å². The number of aromatic carboxylic acids is 1. The van der Waals surface area contributed by atoms with Crippen molar-refractivity contribution < 1.29 is 9.90 Å². The zero-order valence-corrected chi connectivity index (χ0v) is 9.33. The van der Waals surface area contributed by atoms with Gasteiger partial charge < -0.3 is 5.11 Å². The summed E-state index contributed by atoms with van der Waals surface area (Å²) in [5.74, 6) is -0.297. The van der Waals surface area contributed by atoms with E-state index in [2.05, 4.69) is 10.3 Å². The van der Waals surface area contributed by atoms with Crippen molar-refractivity contribution in [1.29, 1.82) is 0 Å². The average molecular weight is 231 g/mol. The first-order valence-electron chi connectivity index (χ1n) is 5.81. The highest BCUT2D eigenvalue weighted by atomic mass is 16.4. The van der Waals surface area contributed by atoms with E-state index in [1.54, 1.807) is 22.9 Å². The van der Waals surface area contributed by atoms with Crippen LogP contribution in [0.25, 0.3) is 11.0 Å². The van der Waals surface area contributed by atoms with Crippen molar-refractivity contribution in [2.75, 3.05) is 0 Å². The van der Waals surface area contributed by atoms with Crippen LogP contribution in [-0.4, -0.2) is 26.1 Å². The van der Waals surface area contributed by atoms with Crippen molar-refractivity contribution in [3.63, 3.8) is 0 Å². The van der Waals surface area contributed by atoms with Gasteiger partial charge in [0.15, 0.2) is 0 Å². The second-order valence-corrected chi connectivity index (χ2v) is 4.55. The summed E-state index contributed by atoms with van der Waals surface area (Å²) in [4.78, 5) is 11.2. The zero-order chi connectivity index (χ0) is 11.8. The van der Waals surface area contributed by atoms with Gasteiger partial charge in [0, 0.05) is 6.54 Å². The van der Waals surface area contributed by atoms with Crippen LogP contribution in [0.15, 0.2) is 18.2 Å². The number of aromatic nitrogens is 3. The quantitative estimate of drug-likeness (QED) is 0.876. The Hall–Kier alpha value is -1.91. The number of carboxylic acid groups (broad SMARTS) is 1. The smallest absolute Gasteiger partial charge is 0.337 e. The Morgan fingerprint density at radius 3 is 2.94 bits per heavy atom. The number of rotatable bonds is 3. The molecule has 0 amide bonds. The SMILES string of the molecule is O=C(O)c1cccc2nnn(CC3CCC3)c12. The van der Waals surface area contributed by atoms with Gasteiger partial charge in [-0.2, -0.15) is 0 Å². The molecule has 3 rings (SSSR count). The summed E-state index contributed by atoms with van der Waals surface area (Å²) in [5.41, 5.74) is 1.59. The lowest BCUT2D eigenvalue weighted by Crippen LogP contribution is -2.19. The van der Waals surface area contributed by atoms with Gasteiger partial charge in [-0.05, 0) is 30.9 Å². The van der Waals surface area contributed by atoms with Crippen LogP contribution in [0.3, 0.4) is 0 Å². The van der Waals surface area contributed by atoms with Crippen LogP contribution in [0.1, 0.15) is 29.6 Å². The Labute approximate surface area is 98.0 Å². The third kappa shape index (κ3) is 1.67. The van der Waals surface area contributed by atoms with Gasteiger partial charge >= 0.3 is 5.97 Å². The number of hydrogen-bond donors (Lipinski definition) is 1. The first-order valence-corrected chi connectivity index (χ1v) is 5.81. The summed E-state index contributed by atoms with van der Waals surface area (Å²) in [7, 11) is 0. The number of carboxylic acids is 1. The lowest BCUT2D eigenvalue weighted by molar-refractivity contribution is 0.0698. The number of para-hydroxylation sites is 1. The molecule has 1 heterocycles. The van der Waals surface area contributed by atoms with Crippen LogP contribution in [0.5, 0.6) is 0 Å². The highest BCUT2D eigenvalue weighted by Gasteiger charge is 2.21. The molecule has 1 aromatic heterocycles. The molecule has 1 N–H and O–H groups in total. The molecular formula is C12H13N3O2. The van der Waals surface area contributed by atoms with E-state index in [0.29, 0.717) is 17.0 Å². The van der Waals surface area contributed by atoms with Crippen LogP contribution in [0.4, 0.5) is 0 Å². The van der Waals surface area contributed by atoms with Crippen LogP contribution in [0.2, 0.25) is 0 Å². The number of hydrogen-bond acceptors (Lipinski definition) is 3. The molecule has 0 saturated heterocycles. The molecule has 0 radical (unpaired) electrons. The van der Waals surface area contributed by atoms with Crippen LogP contribution < -0.4 is 0 Å². The third-order valence-corrected chi connectivity index (χ3v) is 3.42. The summed E-state index contributed by atoms with van der Waals surface area (Å²) in [5, 5.41) is 17.2. The van der Waals surface area contributed by atoms with Crippen molar-refractivity contribution in [3.05, 3.63) is 23.8 Å². The molecule has 0 unspecified atom stereocenters. The third-order valence-electron chi connectivity index (χ3n) is 3.42. The minimum absolute atomic E-state index is 0.284. The maximum absolute atomic E-state index is 11.2. The van der Waals surface area contributed by atoms with Crippen molar-refractivity contribution in [3.8, 4) is 0 Å². The Bertz CT molecular complexity index is 572. The summed E-state index contributed by atoms with van der Waals surface area (Å²) < 4.78 is 1.74. The van der Waals surface area contributed by atoms with Gasteiger partial charge in [0.2, 0.25) is 0 Å². The molecule has 1 aliphatic rings. The van der Waals surface area contributed by atoms with Gasteiger partial charge in [-0.1, -0.05) is 17.7 Å². The molecule has 5 nitrogen and oxygen atoms in total. The second kappa shape index (κ2) is 3.84. The Kier molecular flexibility index (Phi) is 2.31. The van der Waals surface area contributed by atoms with Crippen molar-refractivity contribution in [1.82, 2.24) is 15.0 Å². The second-order valence-electron chi connectivity index (χ2n) is 4.55. The Morgan fingerprint density at radius 2 is 2.29 bits per heavy atom. The Balaban J connectivity index is 2.08. The maximum atomic E-state index is 11.2. The topological polar surface area (TPSA) is 68.0 Å².